The fourth-order valence-corrected chi connectivity index (χ4v) is 2.35. The highest BCUT2D eigenvalue weighted by molar-refractivity contribution is 6.15. The lowest BCUT2D eigenvalue weighted by molar-refractivity contribution is -0.131. The Bertz CT molecular complexity index is 601. The van der Waals surface area contributed by atoms with E-state index in [1.807, 2.05) is 6.92 Å². The van der Waals surface area contributed by atoms with Crippen LogP contribution in [0.4, 0.5) is 5.69 Å². The van der Waals surface area contributed by atoms with Gasteiger partial charge in [-0.1, -0.05) is 6.07 Å². The minimum atomic E-state index is -1.02. The summed E-state index contributed by atoms with van der Waals surface area (Å²) in [6.45, 7) is 1.82. The summed E-state index contributed by atoms with van der Waals surface area (Å²) in [7, 11) is 0. The Morgan fingerprint density at radius 2 is 1.81 bits per heavy atom. The molecule has 0 spiro atoms. The van der Waals surface area contributed by atoms with Crippen LogP contribution < -0.4 is 4.90 Å². The van der Waals surface area contributed by atoms with E-state index in [1.165, 1.54) is 11.0 Å². The number of benzene rings is 1. The molecule has 5 nitrogen and oxygen atoms in total. The van der Waals surface area contributed by atoms with Gasteiger partial charge in [0, 0.05) is 18.9 Å². The normalized spacial score (nSPS) is 16.3. The van der Waals surface area contributed by atoms with Crippen LogP contribution >= 0.6 is 0 Å². The van der Waals surface area contributed by atoms with Crippen LogP contribution in [0, 0.1) is 6.92 Å². The van der Waals surface area contributed by atoms with Crippen molar-refractivity contribution in [2.24, 2.45) is 0 Å². The molecule has 0 radical (unpaired) electrons. The van der Waals surface area contributed by atoms with Gasteiger partial charge in [0.25, 0.3) is 0 Å². The molecule has 0 atom stereocenters. The summed E-state index contributed by atoms with van der Waals surface area (Å²) in [4.78, 5) is 35.9. The number of hydrogen-bond donors (Lipinski definition) is 1. The molecular weight excluding hydrogens is 270 g/mol. The van der Waals surface area contributed by atoms with Crippen molar-refractivity contribution in [2.45, 2.75) is 32.6 Å². The number of aliphatic carboxylic acids is 1. The zero-order valence-corrected chi connectivity index (χ0v) is 11.8. The van der Waals surface area contributed by atoms with E-state index in [9.17, 15) is 14.4 Å². The smallest absolute Gasteiger partial charge is 0.328 e. The van der Waals surface area contributed by atoms with Crippen molar-refractivity contribution in [3.63, 3.8) is 0 Å². The van der Waals surface area contributed by atoms with Crippen molar-refractivity contribution in [2.75, 3.05) is 4.90 Å². The lowest BCUT2D eigenvalue weighted by Gasteiger charge is -2.19. The number of carbonyl (C=O) groups is 3. The number of nitrogens with zero attached hydrogens (tertiary/aromatic N) is 1. The number of carboxylic acids is 1. The minimum Gasteiger partial charge on any atom is -0.478 e. The Labute approximate surface area is 122 Å². The molecule has 2 amide bonds. The van der Waals surface area contributed by atoms with E-state index in [-0.39, 0.29) is 11.8 Å². The maximum atomic E-state index is 12.0. The van der Waals surface area contributed by atoms with Gasteiger partial charge < -0.3 is 5.11 Å². The molecule has 0 bridgehead atoms. The van der Waals surface area contributed by atoms with Gasteiger partial charge in [-0.05, 0) is 49.1 Å². The van der Waals surface area contributed by atoms with Crippen LogP contribution in [-0.4, -0.2) is 22.9 Å². The van der Waals surface area contributed by atoms with E-state index in [0.29, 0.717) is 18.5 Å². The van der Waals surface area contributed by atoms with E-state index in [4.69, 9.17) is 5.11 Å². The van der Waals surface area contributed by atoms with E-state index >= 15 is 0 Å². The van der Waals surface area contributed by atoms with Crippen LogP contribution in [-0.2, 0) is 14.4 Å². The van der Waals surface area contributed by atoms with Gasteiger partial charge in [-0.2, -0.15) is 0 Å². The molecule has 1 heterocycles. The second kappa shape index (κ2) is 6.35. The highest BCUT2D eigenvalue weighted by atomic mass is 16.4. The summed E-state index contributed by atoms with van der Waals surface area (Å²) in [6, 6.07) is 5.13. The van der Waals surface area contributed by atoms with E-state index in [1.54, 1.807) is 18.2 Å². The second-order valence-corrected chi connectivity index (χ2v) is 5.04. The van der Waals surface area contributed by atoms with Crippen LogP contribution in [0.3, 0.4) is 0 Å². The van der Waals surface area contributed by atoms with E-state index < -0.39 is 5.97 Å². The quantitative estimate of drug-likeness (QED) is 0.684. The first-order chi connectivity index (χ1) is 9.99. The fourth-order valence-electron chi connectivity index (χ4n) is 2.35. The number of anilines is 1. The van der Waals surface area contributed by atoms with Crippen molar-refractivity contribution in [3.05, 3.63) is 35.4 Å². The highest BCUT2D eigenvalue weighted by Crippen LogP contribution is 2.24. The lowest BCUT2D eigenvalue weighted by atomic mass is 10.1. The highest BCUT2D eigenvalue weighted by Gasteiger charge is 2.25. The van der Waals surface area contributed by atoms with E-state index in [2.05, 4.69) is 0 Å². The minimum absolute atomic E-state index is 0.175. The molecule has 0 saturated carbocycles. The molecule has 0 unspecified atom stereocenters. The lowest BCUT2D eigenvalue weighted by Crippen LogP contribution is -2.35. The number of carbonyl (C=O) groups excluding carboxylic acids is 2. The first kappa shape index (κ1) is 15.0. The average molecular weight is 287 g/mol. The number of aryl methyl sites for hydroxylation is 1. The van der Waals surface area contributed by atoms with Gasteiger partial charge in [0.15, 0.2) is 0 Å². The summed E-state index contributed by atoms with van der Waals surface area (Å²) in [5.41, 5.74) is 2.11. The maximum absolute atomic E-state index is 12.0. The largest absolute Gasteiger partial charge is 0.478 e. The van der Waals surface area contributed by atoms with Crippen LogP contribution in [0.15, 0.2) is 24.3 Å². The van der Waals surface area contributed by atoms with Crippen molar-refractivity contribution in [3.8, 4) is 0 Å². The molecule has 5 heteroatoms. The number of carboxylic acid groups (broad SMARTS) is 1. The molecular formula is C16H17NO4. The van der Waals surface area contributed by atoms with Crippen LogP contribution in [0.2, 0.25) is 0 Å². The first-order valence-corrected chi connectivity index (χ1v) is 6.86. The zero-order valence-electron chi connectivity index (χ0n) is 11.8. The van der Waals surface area contributed by atoms with Gasteiger partial charge in [0.2, 0.25) is 11.8 Å². The van der Waals surface area contributed by atoms with Gasteiger partial charge in [0.1, 0.15) is 0 Å². The monoisotopic (exact) mass is 287 g/mol. The van der Waals surface area contributed by atoms with Gasteiger partial charge in [-0.15, -0.1) is 0 Å². The fraction of sp³-hybridized carbons (Fsp3) is 0.312. The van der Waals surface area contributed by atoms with E-state index in [0.717, 1.165) is 30.0 Å². The maximum Gasteiger partial charge on any atom is 0.328 e. The molecule has 2 rings (SSSR count). The van der Waals surface area contributed by atoms with Crippen LogP contribution in [0.25, 0.3) is 6.08 Å². The van der Waals surface area contributed by atoms with Gasteiger partial charge in [-0.3, -0.25) is 14.5 Å². The molecule has 0 aromatic heterocycles. The third-order valence-corrected chi connectivity index (χ3v) is 3.45. The Balaban J connectivity index is 2.32. The molecule has 0 aliphatic carbocycles. The summed E-state index contributed by atoms with van der Waals surface area (Å²) in [5, 5.41) is 8.64. The molecule has 1 saturated heterocycles. The summed E-state index contributed by atoms with van der Waals surface area (Å²) < 4.78 is 0. The van der Waals surface area contributed by atoms with Crippen LogP contribution in [0.5, 0.6) is 0 Å². The standard InChI is InChI=1S/C16H17NO4/c1-11-10-13(8-6-12(11)7-9-16(20)21)17-14(18)4-2-3-5-15(17)19/h6-10H,2-5H2,1H3,(H,20,21). The molecule has 21 heavy (non-hydrogen) atoms. The summed E-state index contributed by atoms with van der Waals surface area (Å²) in [6.07, 6.45) is 4.79. The Morgan fingerprint density at radius 3 is 2.33 bits per heavy atom. The average Bonchev–Trinajstić information content (AvgIpc) is 2.58. The molecule has 1 aromatic rings. The number of hydrogen-bond acceptors (Lipinski definition) is 3. The number of imide groups is 1. The third kappa shape index (κ3) is 3.56. The van der Waals surface area contributed by atoms with Gasteiger partial charge in [0.05, 0.1) is 5.69 Å². The second-order valence-electron chi connectivity index (χ2n) is 5.04. The van der Waals surface area contributed by atoms with Crippen molar-refractivity contribution >= 4 is 29.5 Å². The van der Waals surface area contributed by atoms with Crippen molar-refractivity contribution in [1.29, 1.82) is 0 Å². The predicted octanol–water partition coefficient (Wildman–Crippen LogP) is 2.53. The zero-order chi connectivity index (χ0) is 15.4. The summed E-state index contributed by atoms with van der Waals surface area (Å²) >= 11 is 0. The molecule has 1 fully saturated rings. The summed E-state index contributed by atoms with van der Waals surface area (Å²) in [5.74, 6) is -1.37. The van der Waals surface area contributed by atoms with Crippen molar-refractivity contribution in [1.82, 2.24) is 0 Å². The molecule has 1 aliphatic heterocycles. The number of amides is 2. The Kier molecular flexibility index (Phi) is 4.52. The third-order valence-electron chi connectivity index (χ3n) is 3.45. The van der Waals surface area contributed by atoms with Gasteiger partial charge in [-0.25, -0.2) is 4.79 Å². The predicted molar refractivity (Wildman–Crippen MR) is 78.8 cm³/mol. The van der Waals surface area contributed by atoms with Crippen LogP contribution in [0.1, 0.15) is 36.8 Å². The Hall–Kier alpha value is -2.43. The first-order valence-electron chi connectivity index (χ1n) is 6.86. The van der Waals surface area contributed by atoms with Crippen molar-refractivity contribution < 1.29 is 19.5 Å². The SMILES string of the molecule is Cc1cc(N2C(=O)CCCCC2=O)ccc1C=CC(=O)O. The van der Waals surface area contributed by atoms with Gasteiger partial charge >= 0.3 is 5.97 Å². The number of rotatable bonds is 3. The molecule has 1 N–H and O–H groups in total. The molecule has 110 valence electrons. The molecule has 1 aromatic carbocycles. The molecule has 1 aliphatic rings. The Morgan fingerprint density at radius 1 is 1.19 bits per heavy atom. The topological polar surface area (TPSA) is 74.7 Å².